The van der Waals surface area contributed by atoms with Crippen LogP contribution in [-0.4, -0.2) is 52.7 Å². The Balaban J connectivity index is 1.93. The van der Waals surface area contributed by atoms with Crippen LogP contribution in [0.4, 0.5) is 4.79 Å². The van der Waals surface area contributed by atoms with E-state index >= 15 is 0 Å². The highest BCUT2D eigenvalue weighted by molar-refractivity contribution is 6.07. The lowest BCUT2D eigenvalue weighted by Crippen LogP contribution is -2.46. The molecule has 108 valence electrons. The predicted octanol–water partition coefficient (Wildman–Crippen LogP) is 0.210. The van der Waals surface area contributed by atoms with Crippen molar-refractivity contribution >= 4 is 11.9 Å². The number of aliphatic hydroxyl groups is 1. The second-order valence-electron chi connectivity index (χ2n) is 5.85. The third kappa shape index (κ3) is 2.90. The minimum Gasteiger partial charge on any atom is -0.390 e. The molecule has 19 heavy (non-hydrogen) atoms. The van der Waals surface area contributed by atoms with Crippen LogP contribution in [0.3, 0.4) is 0 Å². The summed E-state index contributed by atoms with van der Waals surface area (Å²) in [6, 6.07) is -0.102. The van der Waals surface area contributed by atoms with Crippen molar-refractivity contribution in [2.75, 3.05) is 13.1 Å². The van der Waals surface area contributed by atoms with Gasteiger partial charge in [0.25, 0.3) is 5.91 Å². The number of β-amino-alcohol motifs (C(OH)–C–C–N with tert-alkyl or cyclic N) is 1. The first-order valence-electron chi connectivity index (χ1n) is 7.00. The number of carbonyl (C=O) groups excluding carboxylic acids is 2. The van der Waals surface area contributed by atoms with Crippen molar-refractivity contribution in [3.8, 4) is 0 Å². The molecule has 0 radical (unpaired) electrons. The van der Waals surface area contributed by atoms with Crippen molar-refractivity contribution < 1.29 is 14.7 Å². The first-order valence-corrected chi connectivity index (χ1v) is 7.00. The van der Waals surface area contributed by atoms with Crippen LogP contribution in [0.15, 0.2) is 0 Å². The van der Waals surface area contributed by atoms with Gasteiger partial charge in [0.05, 0.1) is 12.6 Å². The van der Waals surface area contributed by atoms with Crippen LogP contribution in [-0.2, 0) is 4.79 Å². The van der Waals surface area contributed by atoms with Crippen LogP contribution in [0.25, 0.3) is 0 Å². The molecule has 6 nitrogen and oxygen atoms in total. The Hall–Kier alpha value is -1.14. The molecule has 2 fully saturated rings. The number of hydrogen-bond acceptors (Lipinski definition) is 4. The van der Waals surface area contributed by atoms with Gasteiger partial charge >= 0.3 is 6.03 Å². The molecule has 3 amide bonds. The number of hydrogen-bond donors (Lipinski definition) is 3. The zero-order valence-electron chi connectivity index (χ0n) is 11.6. The van der Waals surface area contributed by atoms with Crippen LogP contribution < -0.4 is 10.6 Å². The van der Waals surface area contributed by atoms with E-state index in [2.05, 4.69) is 10.6 Å². The van der Waals surface area contributed by atoms with Crippen LogP contribution in [0, 0.1) is 0 Å². The highest BCUT2D eigenvalue weighted by Gasteiger charge is 2.52. The zero-order valence-corrected chi connectivity index (χ0v) is 11.6. The van der Waals surface area contributed by atoms with Crippen molar-refractivity contribution in [3.05, 3.63) is 0 Å². The van der Waals surface area contributed by atoms with Gasteiger partial charge in [-0.25, -0.2) is 4.79 Å². The molecule has 0 bridgehead atoms. The molecule has 0 aromatic carbocycles. The van der Waals surface area contributed by atoms with Crippen molar-refractivity contribution in [2.24, 2.45) is 0 Å². The molecule has 1 saturated heterocycles. The van der Waals surface area contributed by atoms with E-state index in [9.17, 15) is 14.7 Å². The fraction of sp³-hybridized carbons (Fsp3) is 0.846. The Morgan fingerprint density at radius 1 is 1.37 bits per heavy atom. The summed E-state index contributed by atoms with van der Waals surface area (Å²) in [6.07, 6.45) is 2.64. The van der Waals surface area contributed by atoms with Gasteiger partial charge in [0.2, 0.25) is 0 Å². The maximum atomic E-state index is 12.3. The van der Waals surface area contributed by atoms with Crippen LogP contribution in [0.1, 0.15) is 39.5 Å². The van der Waals surface area contributed by atoms with Crippen molar-refractivity contribution in [3.63, 3.8) is 0 Å². The van der Waals surface area contributed by atoms with Gasteiger partial charge in [0.1, 0.15) is 5.54 Å². The van der Waals surface area contributed by atoms with Crippen LogP contribution in [0.5, 0.6) is 0 Å². The van der Waals surface area contributed by atoms with Crippen molar-refractivity contribution in [1.29, 1.82) is 0 Å². The number of urea groups is 1. The third-order valence-corrected chi connectivity index (χ3v) is 3.86. The minimum absolute atomic E-state index is 0.0616. The van der Waals surface area contributed by atoms with Gasteiger partial charge in [-0.05, 0) is 12.8 Å². The summed E-state index contributed by atoms with van der Waals surface area (Å²) in [5, 5.41) is 15.8. The number of aliphatic hydroxyl groups excluding tert-OH is 1. The van der Waals surface area contributed by atoms with Gasteiger partial charge < -0.3 is 15.7 Å². The average molecular weight is 269 g/mol. The van der Waals surface area contributed by atoms with E-state index in [0.717, 1.165) is 17.7 Å². The van der Waals surface area contributed by atoms with Gasteiger partial charge in [-0.3, -0.25) is 9.69 Å². The molecule has 1 heterocycles. The number of nitrogens with one attached hydrogen (secondary N) is 2. The Morgan fingerprint density at radius 3 is 2.58 bits per heavy atom. The SMILES string of the molecule is CC(C)NCC(O)CN1C(=O)NC2(CCCC2)C1=O. The first-order chi connectivity index (χ1) is 8.94. The average Bonchev–Trinajstić information content (AvgIpc) is 2.89. The molecule has 3 N–H and O–H groups in total. The Labute approximate surface area is 113 Å². The standard InChI is InChI=1S/C13H23N3O3/c1-9(2)14-7-10(17)8-16-11(18)13(15-12(16)19)5-3-4-6-13/h9-10,14,17H,3-8H2,1-2H3,(H,15,19). The largest absolute Gasteiger partial charge is 0.390 e. The minimum atomic E-state index is -0.728. The normalized spacial score (nSPS) is 23.5. The summed E-state index contributed by atoms with van der Waals surface area (Å²) in [5.74, 6) is -0.168. The Morgan fingerprint density at radius 2 is 2.00 bits per heavy atom. The highest BCUT2D eigenvalue weighted by atomic mass is 16.3. The monoisotopic (exact) mass is 269 g/mol. The number of carbonyl (C=O) groups is 2. The number of imide groups is 1. The molecule has 0 aromatic heterocycles. The fourth-order valence-electron chi connectivity index (χ4n) is 2.81. The van der Waals surface area contributed by atoms with Gasteiger partial charge in [-0.2, -0.15) is 0 Å². The second kappa shape index (κ2) is 5.46. The van der Waals surface area contributed by atoms with E-state index in [4.69, 9.17) is 0 Å². The van der Waals surface area contributed by atoms with Gasteiger partial charge in [0.15, 0.2) is 0 Å². The highest BCUT2D eigenvalue weighted by Crippen LogP contribution is 2.34. The molecule has 6 heteroatoms. The zero-order chi connectivity index (χ0) is 14.0. The summed E-state index contributed by atoms with van der Waals surface area (Å²) >= 11 is 0. The maximum Gasteiger partial charge on any atom is 0.325 e. The van der Waals surface area contributed by atoms with Gasteiger partial charge in [-0.1, -0.05) is 26.7 Å². The van der Waals surface area contributed by atoms with E-state index in [1.807, 2.05) is 13.8 Å². The Bertz CT molecular complexity index is 364. The van der Waals surface area contributed by atoms with E-state index in [0.29, 0.717) is 19.4 Å². The lowest BCUT2D eigenvalue weighted by Gasteiger charge is -2.22. The lowest BCUT2D eigenvalue weighted by atomic mass is 9.98. The molecule has 1 saturated carbocycles. The second-order valence-corrected chi connectivity index (χ2v) is 5.85. The summed E-state index contributed by atoms with van der Waals surface area (Å²) < 4.78 is 0. The van der Waals surface area contributed by atoms with Crippen LogP contribution in [0.2, 0.25) is 0 Å². The molecule has 1 unspecified atom stereocenters. The summed E-state index contributed by atoms with van der Waals surface area (Å²) in [5.41, 5.74) is -0.678. The third-order valence-electron chi connectivity index (χ3n) is 3.86. The number of nitrogens with zero attached hydrogens (tertiary/aromatic N) is 1. The summed E-state index contributed by atoms with van der Waals surface area (Å²) in [4.78, 5) is 25.4. The molecule has 1 spiro atoms. The molecular formula is C13H23N3O3. The topological polar surface area (TPSA) is 81.7 Å². The molecule has 1 aliphatic carbocycles. The quantitative estimate of drug-likeness (QED) is 0.623. The van der Waals surface area contributed by atoms with Crippen molar-refractivity contribution in [1.82, 2.24) is 15.5 Å². The summed E-state index contributed by atoms with van der Waals surface area (Å²) in [6.45, 7) is 4.40. The first kappa shape index (κ1) is 14.3. The smallest absolute Gasteiger partial charge is 0.325 e. The van der Waals surface area contributed by atoms with E-state index in [-0.39, 0.29) is 24.5 Å². The molecule has 1 atom stereocenters. The molecule has 2 aliphatic rings. The molecular weight excluding hydrogens is 246 g/mol. The summed E-state index contributed by atoms with van der Waals surface area (Å²) in [7, 11) is 0. The maximum absolute atomic E-state index is 12.3. The van der Waals surface area contributed by atoms with E-state index in [1.54, 1.807) is 0 Å². The van der Waals surface area contributed by atoms with Crippen LogP contribution >= 0.6 is 0 Å². The van der Waals surface area contributed by atoms with E-state index < -0.39 is 11.6 Å². The predicted molar refractivity (Wildman–Crippen MR) is 70.6 cm³/mol. The Kier molecular flexibility index (Phi) is 4.10. The van der Waals surface area contributed by atoms with Crippen molar-refractivity contribution in [2.45, 2.75) is 57.2 Å². The van der Waals surface area contributed by atoms with Gasteiger partial charge in [0, 0.05) is 12.6 Å². The molecule has 1 aliphatic heterocycles. The molecule has 0 aromatic rings. The van der Waals surface area contributed by atoms with E-state index in [1.165, 1.54) is 0 Å². The molecule has 2 rings (SSSR count). The number of rotatable bonds is 5. The number of amides is 3. The fourth-order valence-corrected chi connectivity index (χ4v) is 2.81. The lowest BCUT2D eigenvalue weighted by molar-refractivity contribution is -0.132. The van der Waals surface area contributed by atoms with Gasteiger partial charge in [-0.15, -0.1) is 0 Å².